The maximum atomic E-state index is 13.0. The van der Waals surface area contributed by atoms with Crippen molar-refractivity contribution in [3.8, 4) is 6.07 Å². The lowest BCUT2D eigenvalue weighted by Gasteiger charge is -2.24. The molecule has 3 heteroatoms. The molecule has 2 aromatic carbocycles. The Bertz CT molecular complexity index is 832. The van der Waals surface area contributed by atoms with Crippen molar-refractivity contribution in [2.75, 3.05) is 0 Å². The number of amides is 1. The summed E-state index contributed by atoms with van der Waals surface area (Å²) < 4.78 is 0. The van der Waals surface area contributed by atoms with E-state index in [2.05, 4.69) is 68.6 Å². The van der Waals surface area contributed by atoms with Crippen LogP contribution in [0.1, 0.15) is 67.3 Å². The van der Waals surface area contributed by atoms with E-state index in [0.29, 0.717) is 5.92 Å². The van der Waals surface area contributed by atoms with E-state index in [0.717, 1.165) is 36.0 Å². The van der Waals surface area contributed by atoms with Gasteiger partial charge in [0.2, 0.25) is 5.91 Å². The van der Waals surface area contributed by atoms with Gasteiger partial charge in [0.1, 0.15) is 0 Å². The normalized spacial score (nSPS) is 20.3. The largest absolute Gasteiger partial charge is 0.345 e. The second-order valence-electron chi connectivity index (χ2n) is 7.89. The quantitative estimate of drug-likeness (QED) is 0.790. The van der Waals surface area contributed by atoms with Gasteiger partial charge in [-0.3, -0.25) is 4.79 Å². The Kier molecular flexibility index (Phi) is 5.96. The Morgan fingerprint density at radius 2 is 1.74 bits per heavy atom. The van der Waals surface area contributed by atoms with E-state index in [1.165, 1.54) is 5.56 Å². The molecular weight excluding hydrogens is 332 g/mol. The fraction of sp³-hybridized carbons (Fsp3) is 0.417. The van der Waals surface area contributed by atoms with E-state index in [1.54, 1.807) is 0 Å². The number of hydrogen-bond acceptors (Lipinski definition) is 2. The first-order valence-electron chi connectivity index (χ1n) is 9.86. The molecule has 0 spiro atoms. The summed E-state index contributed by atoms with van der Waals surface area (Å²) in [5.74, 6) is 0.114. The highest BCUT2D eigenvalue weighted by atomic mass is 16.2. The zero-order valence-electron chi connectivity index (χ0n) is 16.4. The first kappa shape index (κ1) is 19.2. The van der Waals surface area contributed by atoms with Crippen LogP contribution in [0.5, 0.6) is 0 Å². The first-order valence-corrected chi connectivity index (χ1v) is 9.86. The predicted molar refractivity (Wildman–Crippen MR) is 108 cm³/mol. The topological polar surface area (TPSA) is 52.9 Å². The van der Waals surface area contributed by atoms with Crippen molar-refractivity contribution >= 4 is 5.91 Å². The molecule has 1 amide bonds. The van der Waals surface area contributed by atoms with Gasteiger partial charge in [-0.25, -0.2) is 0 Å². The van der Waals surface area contributed by atoms with Gasteiger partial charge in [0.15, 0.2) is 0 Å². The second-order valence-corrected chi connectivity index (χ2v) is 7.89. The van der Waals surface area contributed by atoms with E-state index in [1.807, 2.05) is 12.1 Å². The average molecular weight is 361 g/mol. The van der Waals surface area contributed by atoms with Crippen molar-refractivity contribution in [2.45, 2.75) is 52.0 Å². The number of hydrogen-bond donors (Lipinski definition) is 1. The molecule has 0 saturated heterocycles. The van der Waals surface area contributed by atoms with Gasteiger partial charge in [0, 0.05) is 0 Å². The van der Waals surface area contributed by atoms with Gasteiger partial charge in [0.25, 0.3) is 0 Å². The third-order valence-electron chi connectivity index (χ3n) is 5.74. The Hall–Kier alpha value is -2.60. The zero-order chi connectivity index (χ0) is 19.4. The van der Waals surface area contributed by atoms with Crippen LogP contribution in [-0.4, -0.2) is 5.91 Å². The predicted octanol–water partition coefficient (Wildman–Crippen LogP) is 5.26. The fourth-order valence-corrected chi connectivity index (χ4v) is 4.00. The van der Waals surface area contributed by atoms with Gasteiger partial charge >= 0.3 is 0 Å². The van der Waals surface area contributed by atoms with E-state index >= 15 is 0 Å². The molecule has 1 aliphatic rings. The molecule has 0 aliphatic heterocycles. The Balaban J connectivity index is 1.92. The third kappa shape index (κ3) is 4.22. The van der Waals surface area contributed by atoms with Crippen LogP contribution in [0, 0.1) is 30.1 Å². The molecule has 140 valence electrons. The van der Waals surface area contributed by atoms with Gasteiger partial charge in [-0.05, 0) is 47.9 Å². The molecule has 0 radical (unpaired) electrons. The monoisotopic (exact) mass is 360 g/mol. The maximum absolute atomic E-state index is 13.0. The summed E-state index contributed by atoms with van der Waals surface area (Å²) in [5, 5.41) is 12.6. The molecule has 3 atom stereocenters. The van der Waals surface area contributed by atoms with Crippen molar-refractivity contribution in [3.05, 3.63) is 70.8 Å². The summed E-state index contributed by atoms with van der Waals surface area (Å²) in [4.78, 5) is 13.0. The number of nitrogens with one attached hydrogen (secondary N) is 1. The highest BCUT2D eigenvalue weighted by Gasteiger charge is 2.34. The lowest BCUT2D eigenvalue weighted by atomic mass is 9.91. The molecule has 1 fully saturated rings. The molecular formula is C24H28N2O. The van der Waals surface area contributed by atoms with Crippen LogP contribution in [0.2, 0.25) is 0 Å². The minimum atomic E-state index is -0.198. The van der Waals surface area contributed by atoms with Crippen LogP contribution in [0.4, 0.5) is 0 Å². The van der Waals surface area contributed by atoms with Gasteiger partial charge in [-0.1, -0.05) is 68.8 Å². The number of carbonyl (C=O) groups excluding carboxylic acids is 1. The van der Waals surface area contributed by atoms with Crippen LogP contribution < -0.4 is 5.32 Å². The SMILES string of the molecule is Cc1ccccc1C(NC(=O)C1CCCC1C#N)c1ccc(C(C)C)cc1. The Morgan fingerprint density at radius 3 is 2.37 bits per heavy atom. The molecule has 3 rings (SSSR count). The molecule has 1 aliphatic carbocycles. The molecule has 0 aromatic heterocycles. The van der Waals surface area contributed by atoms with Gasteiger partial charge < -0.3 is 5.32 Å². The number of benzene rings is 2. The van der Waals surface area contributed by atoms with Gasteiger partial charge in [-0.15, -0.1) is 0 Å². The highest BCUT2D eigenvalue weighted by molar-refractivity contribution is 5.80. The van der Waals surface area contributed by atoms with Gasteiger partial charge in [0.05, 0.1) is 23.9 Å². The summed E-state index contributed by atoms with van der Waals surface area (Å²) in [5.41, 5.74) is 4.62. The van der Waals surface area contributed by atoms with E-state index in [4.69, 9.17) is 0 Å². The Morgan fingerprint density at radius 1 is 1.07 bits per heavy atom. The Labute approximate surface area is 162 Å². The van der Waals surface area contributed by atoms with E-state index in [9.17, 15) is 10.1 Å². The standard InChI is InChI=1S/C24H28N2O/c1-16(2)18-11-13-19(14-12-18)23(21-9-5-4-7-17(21)3)26-24(27)22-10-6-8-20(22)15-25/h4-5,7,9,11-14,16,20,22-23H,6,8,10H2,1-3H3,(H,26,27). The molecule has 3 nitrogen and oxygen atoms in total. The van der Waals surface area contributed by atoms with Crippen molar-refractivity contribution in [1.29, 1.82) is 5.26 Å². The summed E-state index contributed by atoms with van der Waals surface area (Å²) in [6.07, 6.45) is 2.58. The highest BCUT2D eigenvalue weighted by Crippen LogP contribution is 2.33. The molecule has 2 aromatic rings. The van der Waals surface area contributed by atoms with Crippen LogP contribution in [-0.2, 0) is 4.79 Å². The second kappa shape index (κ2) is 8.39. The number of rotatable bonds is 5. The van der Waals surface area contributed by atoms with E-state index < -0.39 is 0 Å². The lowest BCUT2D eigenvalue weighted by molar-refractivity contribution is -0.126. The van der Waals surface area contributed by atoms with Crippen molar-refractivity contribution < 1.29 is 4.79 Å². The van der Waals surface area contributed by atoms with Gasteiger partial charge in [-0.2, -0.15) is 5.26 Å². The molecule has 1 saturated carbocycles. The summed E-state index contributed by atoms with van der Waals surface area (Å²) in [7, 11) is 0. The van der Waals surface area contributed by atoms with Crippen LogP contribution in [0.15, 0.2) is 48.5 Å². The van der Waals surface area contributed by atoms with Crippen LogP contribution >= 0.6 is 0 Å². The summed E-state index contributed by atoms with van der Waals surface area (Å²) >= 11 is 0. The van der Waals surface area contributed by atoms with Crippen molar-refractivity contribution in [3.63, 3.8) is 0 Å². The van der Waals surface area contributed by atoms with Crippen LogP contribution in [0.3, 0.4) is 0 Å². The zero-order valence-corrected chi connectivity index (χ0v) is 16.4. The molecule has 1 N–H and O–H groups in total. The molecule has 0 heterocycles. The van der Waals surface area contributed by atoms with Crippen molar-refractivity contribution in [1.82, 2.24) is 5.32 Å². The maximum Gasteiger partial charge on any atom is 0.225 e. The van der Waals surface area contributed by atoms with Crippen LogP contribution in [0.25, 0.3) is 0 Å². The molecule has 3 unspecified atom stereocenters. The third-order valence-corrected chi connectivity index (χ3v) is 5.74. The lowest BCUT2D eigenvalue weighted by Crippen LogP contribution is -2.36. The molecule has 27 heavy (non-hydrogen) atoms. The fourth-order valence-electron chi connectivity index (χ4n) is 4.00. The first-order chi connectivity index (χ1) is 13.0. The number of aryl methyl sites for hydroxylation is 1. The number of nitriles is 1. The van der Waals surface area contributed by atoms with Crippen molar-refractivity contribution in [2.24, 2.45) is 11.8 Å². The summed E-state index contributed by atoms with van der Waals surface area (Å²) in [6.45, 7) is 6.43. The number of nitrogens with zero attached hydrogens (tertiary/aromatic N) is 1. The minimum absolute atomic E-state index is 0.000221. The minimum Gasteiger partial charge on any atom is -0.345 e. The summed E-state index contributed by atoms with van der Waals surface area (Å²) in [6, 6.07) is 18.8. The average Bonchev–Trinajstić information content (AvgIpc) is 3.16. The number of carbonyl (C=O) groups is 1. The smallest absolute Gasteiger partial charge is 0.225 e. The molecule has 0 bridgehead atoms. The van der Waals surface area contributed by atoms with E-state index in [-0.39, 0.29) is 23.8 Å².